The Balaban J connectivity index is 2.39. The van der Waals surface area contributed by atoms with Crippen molar-refractivity contribution in [3.05, 3.63) is 0 Å². The molecule has 18 heavy (non-hydrogen) atoms. The lowest BCUT2D eigenvalue weighted by Gasteiger charge is -2.37. The summed E-state index contributed by atoms with van der Waals surface area (Å²) >= 11 is -2.18. The zero-order chi connectivity index (χ0) is 13.4. The second-order valence-electron chi connectivity index (χ2n) is 5.23. The van der Waals surface area contributed by atoms with E-state index in [1.54, 1.807) is 0 Å². The van der Waals surface area contributed by atoms with Crippen LogP contribution in [0.15, 0.2) is 0 Å². The highest BCUT2D eigenvalue weighted by Crippen LogP contribution is 2.28. The third-order valence-electron chi connectivity index (χ3n) is 3.99. The van der Waals surface area contributed by atoms with Crippen LogP contribution in [0.3, 0.4) is 0 Å². The number of likely N-dealkylation sites (tertiary alicyclic amines) is 1. The van der Waals surface area contributed by atoms with Gasteiger partial charge in [-0.2, -0.15) is 0 Å². The van der Waals surface area contributed by atoms with Crippen LogP contribution in [0.4, 0.5) is 0 Å². The van der Waals surface area contributed by atoms with Crippen molar-refractivity contribution < 1.29 is 17.4 Å². The number of hydrogen-bond acceptors (Lipinski definition) is 3. The zero-order valence-corrected chi connectivity index (χ0v) is 12.1. The van der Waals surface area contributed by atoms with Gasteiger partial charge in [-0.05, 0) is 12.8 Å². The van der Waals surface area contributed by atoms with Crippen molar-refractivity contribution in [1.82, 2.24) is 0 Å². The van der Waals surface area contributed by atoms with E-state index >= 15 is 0 Å². The van der Waals surface area contributed by atoms with Gasteiger partial charge in [0.1, 0.15) is 11.3 Å². The van der Waals surface area contributed by atoms with Crippen LogP contribution in [0, 0.1) is 0 Å². The summed E-state index contributed by atoms with van der Waals surface area (Å²) in [6.07, 6.45) is 9.24. The number of aldehydes is 1. The molecule has 0 aromatic carbocycles. The second kappa shape index (κ2) is 8.02. The van der Waals surface area contributed by atoms with Crippen LogP contribution in [-0.4, -0.2) is 38.1 Å². The Morgan fingerprint density at radius 1 is 1.28 bits per heavy atom. The Morgan fingerprint density at radius 3 is 2.56 bits per heavy atom. The number of unbranched alkanes of at least 4 members (excludes halogenated alkanes) is 5. The molecule has 0 amide bonds. The van der Waals surface area contributed by atoms with Crippen molar-refractivity contribution >= 4 is 17.6 Å². The maximum absolute atomic E-state index is 11.5. The molecule has 2 unspecified atom stereocenters. The highest BCUT2D eigenvalue weighted by Gasteiger charge is 2.43. The molecule has 0 N–H and O–H groups in total. The molecule has 0 aliphatic carbocycles. The summed E-state index contributed by atoms with van der Waals surface area (Å²) in [6, 6.07) is -0.334. The van der Waals surface area contributed by atoms with Gasteiger partial charge in [-0.25, -0.2) is 8.10 Å². The van der Waals surface area contributed by atoms with E-state index in [0.29, 0.717) is 19.5 Å². The number of nitrogens with zero attached hydrogens (tertiary/aromatic N) is 1. The number of quaternary nitrogens is 1. The van der Waals surface area contributed by atoms with Gasteiger partial charge < -0.3 is 4.55 Å². The largest absolute Gasteiger partial charge is 0.724 e. The molecule has 5 heteroatoms. The fraction of sp³-hybridized carbons (Fsp3) is 0.923. The lowest BCUT2D eigenvalue weighted by molar-refractivity contribution is -0.808. The van der Waals surface area contributed by atoms with E-state index < -0.39 is 11.3 Å². The predicted molar refractivity (Wildman–Crippen MR) is 71.4 cm³/mol. The number of rotatable bonds is 9. The Labute approximate surface area is 113 Å². The zero-order valence-electron chi connectivity index (χ0n) is 11.3. The minimum atomic E-state index is -2.18. The average molecular weight is 275 g/mol. The quantitative estimate of drug-likeness (QED) is 0.281. The summed E-state index contributed by atoms with van der Waals surface area (Å²) in [7, 11) is 0. The Morgan fingerprint density at radius 2 is 1.94 bits per heavy atom. The van der Waals surface area contributed by atoms with Gasteiger partial charge in [0, 0.05) is 12.8 Å². The summed E-state index contributed by atoms with van der Waals surface area (Å²) in [4.78, 5) is 11.0. The normalized spacial score (nSPS) is 29.3. The minimum Gasteiger partial charge on any atom is -0.724 e. The number of carbonyl (C=O) groups excluding carboxylic acids is 1. The molecule has 1 heterocycles. The second-order valence-corrected chi connectivity index (χ2v) is 6.39. The third-order valence-corrected chi connectivity index (χ3v) is 5.21. The van der Waals surface area contributed by atoms with Gasteiger partial charge in [0.15, 0.2) is 12.3 Å². The maximum Gasteiger partial charge on any atom is 0.178 e. The van der Waals surface area contributed by atoms with Gasteiger partial charge >= 0.3 is 0 Å². The molecule has 0 aromatic rings. The molecule has 1 rings (SSSR count). The number of carbonyl (C=O) groups is 1. The van der Waals surface area contributed by atoms with E-state index in [1.807, 2.05) is 0 Å². The Bertz CT molecular complexity index is 285. The highest BCUT2D eigenvalue weighted by molar-refractivity contribution is 7.73. The van der Waals surface area contributed by atoms with Gasteiger partial charge in [-0.15, -0.1) is 0 Å². The van der Waals surface area contributed by atoms with E-state index in [0.717, 1.165) is 25.5 Å². The van der Waals surface area contributed by atoms with Crippen molar-refractivity contribution in [1.29, 1.82) is 0 Å². The van der Waals surface area contributed by atoms with Crippen LogP contribution in [0.2, 0.25) is 0 Å². The van der Waals surface area contributed by atoms with Crippen molar-refractivity contribution in [3.8, 4) is 0 Å². The van der Waals surface area contributed by atoms with Crippen LogP contribution in [0.5, 0.6) is 0 Å². The monoisotopic (exact) mass is 275 g/mol. The smallest absolute Gasteiger partial charge is 0.178 e. The van der Waals surface area contributed by atoms with Crippen LogP contribution in [0.1, 0.15) is 58.3 Å². The summed E-state index contributed by atoms with van der Waals surface area (Å²) in [5.74, 6) is 0. The molecule has 0 saturated carbocycles. The van der Waals surface area contributed by atoms with Gasteiger partial charge in [-0.3, -0.25) is 4.79 Å². The van der Waals surface area contributed by atoms with Crippen molar-refractivity contribution in [2.24, 2.45) is 0 Å². The summed E-state index contributed by atoms with van der Waals surface area (Å²) in [5.41, 5.74) is 0. The molecule has 0 bridgehead atoms. The molecule has 0 aromatic heterocycles. The van der Waals surface area contributed by atoms with Gasteiger partial charge in [-0.1, -0.05) is 32.6 Å². The van der Waals surface area contributed by atoms with Crippen LogP contribution < -0.4 is 0 Å². The molecule has 1 fully saturated rings. The molecule has 1 aliphatic heterocycles. The first-order chi connectivity index (χ1) is 8.67. The summed E-state index contributed by atoms with van der Waals surface area (Å²) in [5, 5.41) is 0. The molecule has 4 nitrogen and oxygen atoms in total. The summed E-state index contributed by atoms with van der Waals surface area (Å²) in [6.45, 7) is 3.39. The fourth-order valence-corrected chi connectivity index (χ4v) is 3.78. The molecule has 0 radical (unpaired) electrons. The van der Waals surface area contributed by atoms with Crippen molar-refractivity contribution in [3.63, 3.8) is 0 Å². The average Bonchev–Trinajstić information content (AvgIpc) is 2.78. The molecular weight excluding hydrogens is 250 g/mol. The van der Waals surface area contributed by atoms with Crippen LogP contribution in [0.25, 0.3) is 0 Å². The minimum absolute atomic E-state index is 0.0166. The molecule has 1 saturated heterocycles. The Hall–Kier alpha value is -0.260. The van der Waals surface area contributed by atoms with E-state index in [4.69, 9.17) is 0 Å². The fourth-order valence-electron chi connectivity index (χ4n) is 2.85. The summed E-state index contributed by atoms with van der Waals surface area (Å²) < 4.78 is 22.9. The van der Waals surface area contributed by atoms with Crippen molar-refractivity contribution in [2.45, 2.75) is 64.3 Å². The van der Waals surface area contributed by atoms with Gasteiger partial charge in [0.2, 0.25) is 0 Å². The first-order valence-corrected chi connectivity index (χ1v) is 8.12. The first kappa shape index (κ1) is 15.8. The Kier molecular flexibility index (Phi) is 7.04. The topological polar surface area (TPSA) is 57.2 Å². The van der Waals surface area contributed by atoms with Crippen molar-refractivity contribution in [2.75, 3.05) is 13.1 Å². The van der Waals surface area contributed by atoms with E-state index in [9.17, 15) is 13.6 Å². The molecule has 106 valence electrons. The maximum atomic E-state index is 11.5. The van der Waals surface area contributed by atoms with E-state index in [1.165, 1.54) is 25.7 Å². The van der Waals surface area contributed by atoms with Gasteiger partial charge in [0.25, 0.3) is 0 Å². The van der Waals surface area contributed by atoms with Gasteiger partial charge in [0.05, 0.1) is 13.1 Å². The first-order valence-electron chi connectivity index (χ1n) is 7.09. The highest BCUT2D eigenvalue weighted by atomic mass is 32.2. The number of hydrogen-bond donors (Lipinski definition) is 0. The lowest BCUT2D eigenvalue weighted by Crippen LogP contribution is -2.53. The van der Waals surface area contributed by atoms with E-state index in [-0.39, 0.29) is 9.93 Å². The van der Waals surface area contributed by atoms with Crippen LogP contribution >= 0.6 is 0 Å². The predicted octanol–water partition coefficient (Wildman–Crippen LogP) is 2.32. The van der Waals surface area contributed by atoms with Crippen LogP contribution in [-0.2, 0) is 16.1 Å². The molecule has 1 aliphatic rings. The third kappa shape index (κ3) is 3.87. The molecule has 0 spiro atoms. The lowest BCUT2D eigenvalue weighted by atomic mass is 10.1. The molecule has 3 atom stereocenters. The SMILES string of the molecule is CCCCCCCC[N+]1(S(=O)[O-])CCC[C@H]1C=O. The molecular formula is C13H25NO3S. The van der Waals surface area contributed by atoms with E-state index in [2.05, 4.69) is 6.92 Å². The standard InChI is InChI=1S/C13H25NO3S/c1-2-3-4-5-6-7-10-14(18(16)17)11-8-9-13(14)12-15/h12-13H,2-11H2,1H3/t13-,14?/m0/s1.